The van der Waals surface area contributed by atoms with Gasteiger partial charge < -0.3 is 15.4 Å². The number of allylic oxidation sites excluding steroid dienone is 1. The van der Waals surface area contributed by atoms with E-state index in [4.69, 9.17) is 5.41 Å². The molecule has 2 atom stereocenters. The van der Waals surface area contributed by atoms with E-state index < -0.39 is 46.9 Å². The number of Topliss-reactive ketones (excluding diaryl/α,β-unsaturated/α-hetero) is 1. The third-order valence-electron chi connectivity index (χ3n) is 5.43. The van der Waals surface area contributed by atoms with E-state index >= 15 is 0 Å². The second kappa shape index (κ2) is 9.59. The fraction of sp³-hybridized carbons (Fsp3) is 0.261. The first kappa shape index (κ1) is 22.3. The summed E-state index contributed by atoms with van der Waals surface area (Å²) in [5.74, 6) is -5.20. The lowest BCUT2D eigenvalue weighted by molar-refractivity contribution is -0.127. The van der Waals surface area contributed by atoms with Crippen molar-refractivity contribution in [2.24, 2.45) is 0 Å². The Hall–Kier alpha value is -3.42. The first-order chi connectivity index (χ1) is 14.8. The molecule has 0 radical (unpaired) electrons. The van der Waals surface area contributed by atoms with Crippen LogP contribution in [0.5, 0.6) is 0 Å². The predicted molar refractivity (Wildman–Crippen MR) is 108 cm³/mol. The van der Waals surface area contributed by atoms with Crippen molar-refractivity contribution in [1.82, 2.24) is 4.90 Å². The number of nitrogens with one attached hydrogen (secondary N) is 1. The zero-order chi connectivity index (χ0) is 22.5. The van der Waals surface area contributed by atoms with Crippen LogP contribution < -0.4 is 0 Å². The molecule has 2 aromatic rings. The predicted octanol–water partition coefficient (Wildman–Crippen LogP) is 4.28. The number of ketones is 1. The van der Waals surface area contributed by atoms with Gasteiger partial charge in [0, 0.05) is 30.1 Å². The van der Waals surface area contributed by atoms with Gasteiger partial charge in [-0.15, -0.1) is 0 Å². The standard InChI is InChI=1S/C23H21F3N2O3/c24-15-8-6-14(7-9-15)17(23-18(25)4-1-5-19(23)26)11-16-3-2-10-28(16)22(31)12-20(29)21(30)13-27/h1,4-9,12-13,16-17,27,29H,2-3,10-11H2/b20-12-,27-13?/t16-,17+/m1/s1. The Morgan fingerprint density at radius 3 is 2.39 bits per heavy atom. The monoisotopic (exact) mass is 430 g/mol. The zero-order valence-corrected chi connectivity index (χ0v) is 16.5. The molecule has 0 unspecified atom stereocenters. The second-order valence-electron chi connectivity index (χ2n) is 7.34. The molecule has 1 amide bonds. The summed E-state index contributed by atoms with van der Waals surface area (Å²) in [6, 6.07) is 8.48. The summed E-state index contributed by atoms with van der Waals surface area (Å²) in [6.07, 6.45) is 2.52. The second-order valence-corrected chi connectivity index (χ2v) is 7.34. The number of halogens is 3. The first-order valence-corrected chi connectivity index (χ1v) is 9.77. The number of hydrogen-bond donors (Lipinski definition) is 2. The Morgan fingerprint density at radius 1 is 1.13 bits per heavy atom. The molecule has 0 spiro atoms. The lowest BCUT2D eigenvalue weighted by Gasteiger charge is -2.28. The summed E-state index contributed by atoms with van der Waals surface area (Å²) in [7, 11) is 0. The van der Waals surface area contributed by atoms with Gasteiger partial charge in [-0.1, -0.05) is 18.2 Å². The minimum absolute atomic E-state index is 0.161. The van der Waals surface area contributed by atoms with E-state index in [1.807, 2.05) is 0 Å². The van der Waals surface area contributed by atoms with Crippen LogP contribution >= 0.6 is 0 Å². The molecule has 2 aromatic carbocycles. The number of hydrogen-bond acceptors (Lipinski definition) is 4. The Balaban J connectivity index is 1.93. The fourth-order valence-corrected chi connectivity index (χ4v) is 3.95. The van der Waals surface area contributed by atoms with Crippen molar-refractivity contribution in [2.45, 2.75) is 31.2 Å². The van der Waals surface area contributed by atoms with Crippen molar-refractivity contribution in [2.75, 3.05) is 6.54 Å². The average molecular weight is 430 g/mol. The van der Waals surface area contributed by atoms with Gasteiger partial charge in [0.2, 0.25) is 5.78 Å². The molecule has 3 rings (SSSR count). The van der Waals surface area contributed by atoms with Crippen LogP contribution in [0.3, 0.4) is 0 Å². The normalized spacial score (nSPS) is 17.5. The van der Waals surface area contributed by atoms with E-state index in [0.29, 0.717) is 31.2 Å². The number of aliphatic hydroxyl groups is 1. The SMILES string of the molecule is N=CC(=O)/C(O)=C/C(=O)N1CCC[C@@H]1C[C@@H](c1ccc(F)cc1)c1c(F)cccc1F. The van der Waals surface area contributed by atoms with E-state index in [9.17, 15) is 27.9 Å². The number of likely N-dealkylation sites (tertiary alicyclic amines) is 1. The van der Waals surface area contributed by atoms with Crippen molar-refractivity contribution in [1.29, 1.82) is 5.41 Å². The summed E-state index contributed by atoms with van der Waals surface area (Å²) in [5, 5.41) is 16.5. The summed E-state index contributed by atoms with van der Waals surface area (Å²) < 4.78 is 42.6. The summed E-state index contributed by atoms with van der Waals surface area (Å²) in [5.41, 5.74) is 0.341. The molecule has 5 nitrogen and oxygen atoms in total. The lowest BCUT2D eigenvalue weighted by Crippen LogP contribution is -2.36. The van der Waals surface area contributed by atoms with Gasteiger partial charge in [0.1, 0.15) is 17.5 Å². The van der Waals surface area contributed by atoms with Gasteiger partial charge in [0.15, 0.2) is 5.76 Å². The molecule has 0 aromatic heterocycles. The minimum Gasteiger partial charge on any atom is -0.504 e. The van der Waals surface area contributed by atoms with Crippen molar-refractivity contribution in [3.63, 3.8) is 0 Å². The maximum atomic E-state index is 14.6. The highest BCUT2D eigenvalue weighted by Gasteiger charge is 2.33. The highest BCUT2D eigenvalue weighted by atomic mass is 19.1. The molecule has 2 N–H and O–H groups in total. The van der Waals surface area contributed by atoms with Crippen LogP contribution in [0, 0.1) is 22.9 Å². The lowest BCUT2D eigenvalue weighted by atomic mass is 9.84. The van der Waals surface area contributed by atoms with Gasteiger partial charge in [-0.2, -0.15) is 0 Å². The number of rotatable bonds is 7. The number of benzene rings is 2. The van der Waals surface area contributed by atoms with E-state index in [0.717, 1.165) is 18.2 Å². The molecule has 31 heavy (non-hydrogen) atoms. The van der Waals surface area contributed by atoms with Gasteiger partial charge >= 0.3 is 0 Å². The number of amides is 1. The highest BCUT2D eigenvalue weighted by molar-refractivity contribution is 6.33. The van der Waals surface area contributed by atoms with Crippen LogP contribution in [0.2, 0.25) is 0 Å². The van der Waals surface area contributed by atoms with Gasteiger partial charge in [0.25, 0.3) is 5.91 Å². The van der Waals surface area contributed by atoms with Gasteiger partial charge in [-0.3, -0.25) is 9.59 Å². The summed E-state index contributed by atoms with van der Waals surface area (Å²) in [4.78, 5) is 25.4. The number of carbonyl (C=O) groups is 2. The molecule has 1 fully saturated rings. The molecule has 1 saturated heterocycles. The van der Waals surface area contributed by atoms with Gasteiger partial charge in [0.05, 0.1) is 6.21 Å². The van der Waals surface area contributed by atoms with Gasteiger partial charge in [-0.05, 0) is 49.1 Å². The van der Waals surface area contributed by atoms with Crippen LogP contribution in [0.1, 0.15) is 36.3 Å². The topological polar surface area (TPSA) is 81.5 Å². The van der Waals surface area contributed by atoms with Crippen molar-refractivity contribution in [3.8, 4) is 0 Å². The zero-order valence-electron chi connectivity index (χ0n) is 16.5. The maximum Gasteiger partial charge on any atom is 0.250 e. The molecule has 8 heteroatoms. The van der Waals surface area contributed by atoms with Gasteiger partial charge in [-0.25, -0.2) is 13.2 Å². The molecule has 1 aliphatic heterocycles. The smallest absolute Gasteiger partial charge is 0.250 e. The number of aliphatic hydroxyl groups excluding tert-OH is 1. The van der Waals surface area contributed by atoms with Crippen LogP contribution in [0.15, 0.2) is 54.3 Å². The van der Waals surface area contributed by atoms with E-state index in [1.165, 1.54) is 35.2 Å². The highest BCUT2D eigenvalue weighted by Crippen LogP contribution is 2.36. The van der Waals surface area contributed by atoms with Crippen molar-refractivity contribution >= 4 is 17.9 Å². The largest absolute Gasteiger partial charge is 0.504 e. The van der Waals surface area contributed by atoms with Crippen LogP contribution in [0.4, 0.5) is 13.2 Å². The number of nitrogens with zero attached hydrogens (tertiary/aromatic N) is 1. The maximum absolute atomic E-state index is 14.6. The Bertz CT molecular complexity index is 1000. The molecule has 0 aliphatic carbocycles. The Kier molecular flexibility index (Phi) is 6.89. The molecule has 0 bridgehead atoms. The van der Waals surface area contributed by atoms with Crippen LogP contribution in [0.25, 0.3) is 0 Å². The molecule has 0 saturated carbocycles. The van der Waals surface area contributed by atoms with Crippen LogP contribution in [-0.4, -0.2) is 40.5 Å². The Morgan fingerprint density at radius 2 is 1.77 bits per heavy atom. The quantitative estimate of drug-likeness (QED) is 0.391. The molecular formula is C23H21F3N2O3. The van der Waals surface area contributed by atoms with Crippen molar-refractivity contribution < 1.29 is 27.9 Å². The number of carbonyl (C=O) groups excluding carboxylic acids is 2. The molecule has 1 aliphatic rings. The third-order valence-corrected chi connectivity index (χ3v) is 5.43. The fourth-order valence-electron chi connectivity index (χ4n) is 3.95. The Labute approximate surface area is 177 Å². The van der Waals surface area contributed by atoms with Crippen molar-refractivity contribution in [3.05, 3.63) is 82.9 Å². The van der Waals surface area contributed by atoms with E-state index in [-0.39, 0.29) is 12.0 Å². The first-order valence-electron chi connectivity index (χ1n) is 9.77. The molecular weight excluding hydrogens is 409 g/mol. The molecule has 1 heterocycles. The third kappa shape index (κ3) is 5.02. The van der Waals surface area contributed by atoms with E-state index in [2.05, 4.69) is 0 Å². The van der Waals surface area contributed by atoms with Crippen LogP contribution in [-0.2, 0) is 9.59 Å². The summed E-state index contributed by atoms with van der Waals surface area (Å²) in [6.45, 7) is 0.349. The van der Waals surface area contributed by atoms with E-state index in [1.54, 1.807) is 0 Å². The molecule has 162 valence electrons. The summed E-state index contributed by atoms with van der Waals surface area (Å²) >= 11 is 0. The minimum atomic E-state index is -0.998. The average Bonchev–Trinajstić information content (AvgIpc) is 3.21.